The highest BCUT2D eigenvalue weighted by atomic mass is 15.0. The van der Waals surface area contributed by atoms with Gasteiger partial charge in [0.1, 0.15) is 0 Å². The summed E-state index contributed by atoms with van der Waals surface area (Å²) in [4.78, 5) is 5.59. The van der Waals surface area contributed by atoms with Crippen LogP contribution in [-0.2, 0) is 21.7 Å². The van der Waals surface area contributed by atoms with Crippen LogP contribution in [0.2, 0.25) is 0 Å². The van der Waals surface area contributed by atoms with Gasteiger partial charge in [-0.05, 0) is 175 Å². The fourth-order valence-electron chi connectivity index (χ4n) is 17.7. The van der Waals surface area contributed by atoms with E-state index in [-0.39, 0.29) is 28.4 Å². The monoisotopic (exact) mass is 1300 g/mol. The zero-order valence-electron chi connectivity index (χ0n) is 59.1. The van der Waals surface area contributed by atoms with Crippen LogP contribution in [0.1, 0.15) is 103 Å². The summed E-state index contributed by atoms with van der Waals surface area (Å²) in [6.07, 6.45) is 2.04. The molecule has 2 aliphatic heterocycles. The van der Waals surface area contributed by atoms with Crippen molar-refractivity contribution in [3.8, 4) is 67.1 Å². The van der Waals surface area contributed by atoms with E-state index >= 15 is 0 Å². The average molecular weight is 1300 g/mol. The van der Waals surface area contributed by atoms with Crippen LogP contribution in [0.15, 0.2) is 291 Å². The number of hydrogen-bond donors (Lipinski definition) is 0. The Morgan fingerprint density at radius 1 is 0.287 bits per heavy atom. The number of aromatic nitrogens is 3. The standard InChI is InChI=1S/C97H78BN3/c1-94(2,3)68-46-48-83-78(56-68)79-57-69(95(4,5)6)58-82-92(79)100(83)85-54-63(87-72(60-38-42-66(43-39-60)96(7,8)64-28-16-12-17-29-64)50-51-99-91(87)61-40-44-67(45-41-61)97(9,10)65-30-18-13-19-31-65)55-86-90(85)98(82)81-53-62(71-33-21-20-32-70(71)59-26-14-11-15-27-59)52-80-89-84(101(86)93(80)81)49-47-77-75-36-23-22-34-73(75)74-35-24-25-37-76(74)88(77)89/h11-58H,1-10H3. The zero-order valence-corrected chi connectivity index (χ0v) is 59.1. The number of rotatable bonds is 9. The molecule has 17 aromatic rings. The zero-order chi connectivity index (χ0) is 68.6. The van der Waals surface area contributed by atoms with Gasteiger partial charge in [0.05, 0.1) is 16.7 Å². The molecule has 0 amide bonds. The first-order valence-corrected chi connectivity index (χ1v) is 36.0. The van der Waals surface area contributed by atoms with Crippen LogP contribution in [0.5, 0.6) is 0 Å². The van der Waals surface area contributed by atoms with Gasteiger partial charge in [-0.25, -0.2) is 0 Å². The lowest BCUT2D eigenvalue weighted by Crippen LogP contribution is -2.59. The molecule has 0 spiro atoms. The molecule has 2 aliphatic rings. The predicted octanol–water partition coefficient (Wildman–Crippen LogP) is 23.5. The molecule has 5 heterocycles. The van der Waals surface area contributed by atoms with E-state index in [1.54, 1.807) is 0 Å². The van der Waals surface area contributed by atoms with E-state index in [2.05, 4.69) is 363 Å². The largest absolute Gasteiger partial charge is 0.310 e. The molecule has 484 valence electrons. The first-order chi connectivity index (χ1) is 48.9. The van der Waals surface area contributed by atoms with Crippen LogP contribution in [0.3, 0.4) is 0 Å². The molecule has 4 heteroatoms. The van der Waals surface area contributed by atoms with E-state index in [4.69, 9.17) is 4.98 Å². The Balaban J connectivity index is 0.978. The second-order valence-electron chi connectivity index (χ2n) is 31.8. The summed E-state index contributed by atoms with van der Waals surface area (Å²) < 4.78 is 5.40. The maximum Gasteiger partial charge on any atom is 0.252 e. The Hall–Kier alpha value is -11.3. The molecule has 3 nitrogen and oxygen atoms in total. The first kappa shape index (κ1) is 60.8. The lowest BCUT2D eigenvalue weighted by Gasteiger charge is -2.35. The summed E-state index contributed by atoms with van der Waals surface area (Å²) in [7, 11) is 0. The van der Waals surface area contributed by atoms with Crippen molar-refractivity contribution in [1.82, 2.24) is 14.1 Å². The SMILES string of the molecule is CC(C)(C)c1ccc2c(c1)c1cc(C(C)(C)C)cc3c1n2-c1cc(-c2c(-c4ccc(C(C)(C)c5ccccc5)cc4)ccnc2-c2ccc(C(C)(C)c4ccccc4)cc2)cc2c1B3c1cc(-c3ccccc3-c3ccccc3)cc3c4c5c6ccccc6c6ccccc6c5ccc4n-2c13. The number of hydrogen-bond acceptors (Lipinski definition) is 1. The Morgan fingerprint density at radius 3 is 1.35 bits per heavy atom. The molecule has 0 radical (unpaired) electrons. The molecule has 0 unspecified atom stereocenters. The third kappa shape index (κ3) is 9.16. The van der Waals surface area contributed by atoms with Crippen LogP contribution in [0.25, 0.3) is 143 Å². The average Bonchev–Trinajstić information content (AvgIpc) is 1.54. The van der Waals surface area contributed by atoms with Gasteiger partial charge >= 0.3 is 0 Å². The van der Waals surface area contributed by atoms with Crippen LogP contribution in [-0.4, -0.2) is 20.8 Å². The first-order valence-electron chi connectivity index (χ1n) is 36.0. The third-order valence-corrected chi connectivity index (χ3v) is 23.3. The maximum absolute atomic E-state index is 5.59. The van der Waals surface area contributed by atoms with E-state index in [9.17, 15) is 0 Å². The lowest BCUT2D eigenvalue weighted by atomic mass is 9.34. The van der Waals surface area contributed by atoms with Gasteiger partial charge in [-0.3, -0.25) is 4.98 Å². The maximum atomic E-state index is 5.59. The van der Waals surface area contributed by atoms with Gasteiger partial charge in [-0.1, -0.05) is 306 Å². The molecular weight excluding hydrogens is 1220 g/mol. The Bertz CT molecular complexity index is 6140. The molecule has 0 N–H and O–H groups in total. The quantitative estimate of drug-likeness (QED) is 0.104. The fraction of sp³-hybridized carbons (Fsp3) is 0.144. The third-order valence-electron chi connectivity index (χ3n) is 23.3. The fourth-order valence-corrected chi connectivity index (χ4v) is 17.7. The van der Waals surface area contributed by atoms with E-state index < -0.39 is 0 Å². The van der Waals surface area contributed by atoms with E-state index in [1.165, 1.54) is 159 Å². The van der Waals surface area contributed by atoms with E-state index in [0.29, 0.717) is 0 Å². The summed E-state index contributed by atoms with van der Waals surface area (Å²) in [6.45, 7) is 23.4. The molecule has 0 bridgehead atoms. The topological polar surface area (TPSA) is 22.8 Å². The van der Waals surface area contributed by atoms with Crippen LogP contribution in [0, 0.1) is 0 Å². The summed E-state index contributed by atoms with van der Waals surface area (Å²) >= 11 is 0. The van der Waals surface area contributed by atoms with Crippen molar-refractivity contribution in [3.05, 3.63) is 325 Å². The molecule has 0 fully saturated rings. The van der Waals surface area contributed by atoms with Gasteiger partial charge in [-0.2, -0.15) is 0 Å². The van der Waals surface area contributed by atoms with Gasteiger partial charge < -0.3 is 9.13 Å². The molecule has 0 atom stereocenters. The van der Waals surface area contributed by atoms with Gasteiger partial charge in [0.25, 0.3) is 6.71 Å². The van der Waals surface area contributed by atoms with E-state index in [0.717, 1.165) is 33.5 Å². The molecule has 19 rings (SSSR count). The molecular formula is C97H78BN3. The predicted molar refractivity (Wildman–Crippen MR) is 432 cm³/mol. The number of fused-ring (bicyclic) bond motifs is 17. The minimum absolute atomic E-state index is 0.0798. The van der Waals surface area contributed by atoms with Crippen molar-refractivity contribution in [2.45, 2.75) is 90.9 Å². The van der Waals surface area contributed by atoms with Crippen molar-refractivity contribution in [1.29, 1.82) is 0 Å². The van der Waals surface area contributed by atoms with Gasteiger partial charge in [0.2, 0.25) is 0 Å². The van der Waals surface area contributed by atoms with Gasteiger partial charge in [-0.15, -0.1) is 0 Å². The molecule has 101 heavy (non-hydrogen) atoms. The molecule has 0 saturated carbocycles. The van der Waals surface area contributed by atoms with Crippen molar-refractivity contribution in [2.24, 2.45) is 0 Å². The van der Waals surface area contributed by atoms with Crippen molar-refractivity contribution < 1.29 is 0 Å². The summed E-state index contributed by atoms with van der Waals surface area (Å²) in [5, 5.41) is 12.7. The summed E-state index contributed by atoms with van der Waals surface area (Å²) in [5.41, 5.74) is 29.6. The highest BCUT2D eigenvalue weighted by Gasteiger charge is 2.43. The summed E-state index contributed by atoms with van der Waals surface area (Å²) in [5.74, 6) is 0. The Morgan fingerprint density at radius 2 is 0.743 bits per heavy atom. The lowest BCUT2D eigenvalue weighted by molar-refractivity contribution is 0.590. The van der Waals surface area contributed by atoms with Crippen LogP contribution < -0.4 is 16.4 Å². The highest BCUT2D eigenvalue weighted by molar-refractivity contribution is 7.00. The Labute approximate surface area is 592 Å². The van der Waals surface area contributed by atoms with Gasteiger partial charge in [0, 0.05) is 77.5 Å². The number of benzene rings is 14. The number of nitrogens with zero attached hydrogens (tertiary/aromatic N) is 3. The normalized spacial score (nSPS) is 13.0. The second-order valence-corrected chi connectivity index (χ2v) is 31.8. The van der Waals surface area contributed by atoms with Crippen molar-refractivity contribution in [2.75, 3.05) is 0 Å². The second kappa shape index (κ2) is 22.1. The van der Waals surface area contributed by atoms with Crippen LogP contribution in [0.4, 0.5) is 0 Å². The van der Waals surface area contributed by atoms with E-state index in [1.807, 2.05) is 6.20 Å². The van der Waals surface area contributed by atoms with Crippen molar-refractivity contribution >= 4 is 99.0 Å². The minimum atomic E-state index is -0.231. The smallest absolute Gasteiger partial charge is 0.252 e. The minimum Gasteiger partial charge on any atom is -0.310 e. The molecule has 0 aliphatic carbocycles. The summed E-state index contributed by atoms with van der Waals surface area (Å²) in [6, 6.07) is 109. The number of pyridine rings is 1. The highest BCUT2D eigenvalue weighted by Crippen LogP contribution is 2.50. The van der Waals surface area contributed by atoms with Gasteiger partial charge in [0.15, 0.2) is 0 Å². The molecule has 0 saturated heterocycles. The Kier molecular flexibility index (Phi) is 13.3. The van der Waals surface area contributed by atoms with Crippen LogP contribution >= 0.6 is 0 Å². The molecule has 14 aromatic carbocycles. The molecule has 3 aromatic heterocycles. The van der Waals surface area contributed by atoms with Crippen molar-refractivity contribution in [3.63, 3.8) is 0 Å².